The van der Waals surface area contributed by atoms with Crippen LogP contribution in [0.4, 0.5) is 13.2 Å². The number of nitrogens with zero attached hydrogens (tertiary/aromatic N) is 1. The number of alkyl halides is 3. The van der Waals surface area contributed by atoms with Gasteiger partial charge in [0.25, 0.3) is 0 Å². The van der Waals surface area contributed by atoms with Crippen molar-refractivity contribution in [2.24, 2.45) is 11.8 Å². The molecule has 3 unspecified atom stereocenters. The van der Waals surface area contributed by atoms with Gasteiger partial charge in [-0.25, -0.2) is 0 Å². The minimum atomic E-state index is -4.09. The van der Waals surface area contributed by atoms with E-state index in [4.69, 9.17) is 0 Å². The summed E-state index contributed by atoms with van der Waals surface area (Å²) in [5, 5.41) is 3.44. The molecule has 0 amide bonds. The largest absolute Gasteiger partial charge is 0.401 e. The van der Waals surface area contributed by atoms with Crippen molar-refractivity contribution in [1.82, 2.24) is 10.2 Å². The van der Waals surface area contributed by atoms with E-state index < -0.39 is 12.7 Å². The van der Waals surface area contributed by atoms with Crippen molar-refractivity contribution in [1.29, 1.82) is 0 Å². The second-order valence-corrected chi connectivity index (χ2v) is 5.79. The quantitative estimate of drug-likeness (QED) is 0.803. The number of hydrogen-bond acceptors (Lipinski definition) is 2. The molecular weight excluding hydrogens is 253 g/mol. The molecule has 1 aliphatic carbocycles. The summed E-state index contributed by atoms with van der Waals surface area (Å²) < 4.78 is 37.5. The summed E-state index contributed by atoms with van der Waals surface area (Å²) in [6.07, 6.45) is -0.793. The van der Waals surface area contributed by atoms with Crippen molar-refractivity contribution in [2.75, 3.05) is 26.2 Å². The molecule has 1 fully saturated rings. The lowest BCUT2D eigenvalue weighted by Gasteiger charge is -2.38. The van der Waals surface area contributed by atoms with E-state index in [-0.39, 0.29) is 0 Å². The van der Waals surface area contributed by atoms with Crippen molar-refractivity contribution < 1.29 is 13.2 Å². The van der Waals surface area contributed by atoms with Crippen molar-refractivity contribution in [3.8, 4) is 0 Å². The number of rotatable bonds is 6. The first-order chi connectivity index (χ1) is 8.85. The van der Waals surface area contributed by atoms with Crippen LogP contribution >= 0.6 is 0 Å². The number of hydrogen-bond donors (Lipinski definition) is 1. The third-order valence-electron chi connectivity index (χ3n) is 4.05. The molecular formula is C14H27F3N2. The van der Waals surface area contributed by atoms with Crippen molar-refractivity contribution in [2.45, 2.75) is 52.3 Å². The van der Waals surface area contributed by atoms with E-state index in [9.17, 15) is 13.2 Å². The van der Waals surface area contributed by atoms with Crippen LogP contribution in [0.2, 0.25) is 0 Å². The maximum absolute atomic E-state index is 12.5. The first kappa shape index (κ1) is 16.8. The maximum atomic E-state index is 12.5. The lowest BCUT2D eigenvalue weighted by atomic mass is 9.78. The van der Waals surface area contributed by atoms with Gasteiger partial charge in [-0.1, -0.05) is 20.8 Å². The third kappa shape index (κ3) is 6.13. The van der Waals surface area contributed by atoms with Crippen LogP contribution in [0.25, 0.3) is 0 Å². The molecule has 0 aliphatic heterocycles. The summed E-state index contributed by atoms with van der Waals surface area (Å²) in [6.45, 7) is 7.19. The molecule has 0 aromatic carbocycles. The topological polar surface area (TPSA) is 15.3 Å². The highest BCUT2D eigenvalue weighted by Gasteiger charge is 2.34. The van der Waals surface area contributed by atoms with Crippen molar-refractivity contribution >= 4 is 0 Å². The average molecular weight is 280 g/mol. The van der Waals surface area contributed by atoms with Crippen molar-refractivity contribution in [3.63, 3.8) is 0 Å². The predicted molar refractivity (Wildman–Crippen MR) is 72.1 cm³/mol. The molecule has 0 radical (unpaired) electrons. The van der Waals surface area contributed by atoms with Crippen LogP contribution in [0.5, 0.6) is 0 Å². The highest BCUT2D eigenvalue weighted by Crippen LogP contribution is 2.30. The van der Waals surface area contributed by atoms with Crippen LogP contribution in [0.1, 0.15) is 40.0 Å². The molecule has 1 aliphatic rings. The third-order valence-corrected chi connectivity index (χ3v) is 4.05. The summed E-state index contributed by atoms with van der Waals surface area (Å²) in [5.41, 5.74) is 0. The van der Waals surface area contributed by atoms with E-state index in [1.165, 1.54) is 11.3 Å². The zero-order chi connectivity index (χ0) is 14.5. The Balaban J connectivity index is 2.57. The monoisotopic (exact) mass is 280 g/mol. The molecule has 114 valence electrons. The normalized spacial score (nSPS) is 28.9. The van der Waals surface area contributed by atoms with E-state index >= 15 is 0 Å². The minimum Gasteiger partial charge on any atom is -0.314 e. The molecule has 0 spiro atoms. The summed E-state index contributed by atoms with van der Waals surface area (Å²) in [4.78, 5) is 1.53. The molecule has 1 rings (SSSR count). The molecule has 0 heterocycles. The maximum Gasteiger partial charge on any atom is 0.401 e. The van der Waals surface area contributed by atoms with Crippen LogP contribution < -0.4 is 5.32 Å². The minimum absolute atomic E-state index is 0.339. The Morgan fingerprint density at radius 1 is 1.21 bits per heavy atom. The van der Waals surface area contributed by atoms with Crippen molar-refractivity contribution in [3.05, 3.63) is 0 Å². The lowest BCUT2D eigenvalue weighted by molar-refractivity contribution is -0.147. The van der Waals surface area contributed by atoms with Crippen LogP contribution in [0.3, 0.4) is 0 Å². The van der Waals surface area contributed by atoms with E-state index in [1.807, 2.05) is 0 Å². The number of nitrogens with one attached hydrogen (secondary N) is 1. The summed E-state index contributed by atoms with van der Waals surface area (Å²) in [7, 11) is 0. The van der Waals surface area contributed by atoms with Gasteiger partial charge in [0.1, 0.15) is 0 Å². The first-order valence-electron chi connectivity index (χ1n) is 7.38. The fourth-order valence-corrected chi connectivity index (χ4v) is 3.12. The number of halogens is 3. The molecule has 0 bridgehead atoms. The zero-order valence-corrected chi connectivity index (χ0v) is 12.3. The van der Waals surface area contributed by atoms with Gasteiger partial charge in [-0.2, -0.15) is 13.2 Å². The second kappa shape index (κ2) is 7.48. The fraction of sp³-hybridized carbons (Fsp3) is 1.00. The van der Waals surface area contributed by atoms with E-state index in [2.05, 4.69) is 19.2 Å². The van der Waals surface area contributed by atoms with Gasteiger partial charge in [-0.05, 0) is 44.2 Å². The summed E-state index contributed by atoms with van der Waals surface area (Å²) in [6, 6.07) is 0.378. The summed E-state index contributed by atoms with van der Waals surface area (Å²) in [5.74, 6) is 0.968. The molecule has 2 nitrogen and oxygen atoms in total. The second-order valence-electron chi connectivity index (χ2n) is 5.79. The molecule has 5 heteroatoms. The van der Waals surface area contributed by atoms with Gasteiger partial charge in [0.2, 0.25) is 0 Å². The van der Waals surface area contributed by atoms with E-state index in [0.29, 0.717) is 31.0 Å². The Labute approximate surface area is 114 Å². The van der Waals surface area contributed by atoms with Crippen LogP contribution in [-0.2, 0) is 0 Å². The molecule has 19 heavy (non-hydrogen) atoms. The van der Waals surface area contributed by atoms with Gasteiger partial charge in [0.15, 0.2) is 0 Å². The van der Waals surface area contributed by atoms with Gasteiger partial charge in [-0.15, -0.1) is 0 Å². The highest BCUT2D eigenvalue weighted by atomic mass is 19.4. The van der Waals surface area contributed by atoms with Gasteiger partial charge in [0.05, 0.1) is 6.54 Å². The Morgan fingerprint density at radius 2 is 1.89 bits per heavy atom. The van der Waals surface area contributed by atoms with E-state index in [1.54, 1.807) is 6.92 Å². The Kier molecular flexibility index (Phi) is 6.60. The Bertz CT molecular complexity index is 256. The molecule has 0 aromatic rings. The van der Waals surface area contributed by atoms with E-state index in [0.717, 1.165) is 19.4 Å². The molecule has 1 saturated carbocycles. The van der Waals surface area contributed by atoms with Crippen LogP contribution in [0, 0.1) is 11.8 Å². The van der Waals surface area contributed by atoms with Crippen LogP contribution in [-0.4, -0.2) is 43.3 Å². The molecule has 0 aromatic heterocycles. The molecule has 0 saturated heterocycles. The fourth-order valence-electron chi connectivity index (χ4n) is 3.12. The molecule has 3 atom stereocenters. The smallest absolute Gasteiger partial charge is 0.314 e. The lowest BCUT2D eigenvalue weighted by Crippen LogP contribution is -2.47. The zero-order valence-electron chi connectivity index (χ0n) is 12.3. The first-order valence-corrected chi connectivity index (χ1v) is 7.38. The summed E-state index contributed by atoms with van der Waals surface area (Å²) >= 11 is 0. The standard InChI is InChI=1S/C14H27F3N2/c1-4-18-13-7-6-11(3)8-12(13)9-19(5-2)10-14(15,16)17/h11-13,18H,4-10H2,1-3H3. The van der Waals surface area contributed by atoms with Crippen LogP contribution in [0.15, 0.2) is 0 Å². The SMILES string of the molecule is CCNC1CCC(C)CC1CN(CC)CC(F)(F)F. The molecule has 1 N–H and O–H groups in total. The average Bonchev–Trinajstić information content (AvgIpc) is 2.30. The van der Waals surface area contributed by atoms with Gasteiger partial charge in [-0.3, -0.25) is 4.90 Å². The van der Waals surface area contributed by atoms with Gasteiger partial charge < -0.3 is 5.32 Å². The Hall–Kier alpha value is -0.290. The predicted octanol–water partition coefficient (Wildman–Crippen LogP) is 3.28. The Morgan fingerprint density at radius 3 is 2.42 bits per heavy atom. The van der Waals surface area contributed by atoms with Gasteiger partial charge in [0, 0.05) is 12.6 Å². The highest BCUT2D eigenvalue weighted by molar-refractivity contribution is 4.85. The van der Waals surface area contributed by atoms with Gasteiger partial charge >= 0.3 is 6.18 Å².